The minimum atomic E-state index is -0.351. The van der Waals surface area contributed by atoms with Gasteiger partial charge in [-0.05, 0) is 57.0 Å². The summed E-state index contributed by atoms with van der Waals surface area (Å²) in [5.74, 6) is -0.351. The van der Waals surface area contributed by atoms with Crippen LogP contribution >= 0.6 is 11.3 Å². The monoisotopic (exact) mass is 425 g/mol. The minimum Gasteiger partial charge on any atom is -0.467 e. The molecule has 0 aliphatic carbocycles. The van der Waals surface area contributed by atoms with Crippen LogP contribution < -0.4 is 4.74 Å². The van der Waals surface area contributed by atoms with Gasteiger partial charge in [0.05, 0.1) is 22.3 Å². The second kappa shape index (κ2) is 7.59. The smallest absolute Gasteiger partial charge is 0.274 e. The van der Waals surface area contributed by atoms with Crippen molar-refractivity contribution in [3.63, 3.8) is 0 Å². The van der Waals surface area contributed by atoms with Gasteiger partial charge in [-0.25, -0.2) is 13.9 Å². The van der Waals surface area contributed by atoms with E-state index in [1.165, 1.54) is 17.4 Å². The standard InChI is InChI=1S/C22H24FN5OS/c1-4-27-7-5-16(6-8-27)29-22-25-20-17(23)10-15(11-19(20)30-22)18-9-13(2)21-24-14(3)12-28(21)26-18/h9-12,16H,4-8H2,1-3H3. The van der Waals surface area contributed by atoms with E-state index in [0.29, 0.717) is 16.4 Å². The van der Waals surface area contributed by atoms with Crippen LogP contribution in [-0.2, 0) is 0 Å². The van der Waals surface area contributed by atoms with Gasteiger partial charge in [-0.3, -0.25) is 0 Å². The zero-order valence-corrected chi connectivity index (χ0v) is 18.2. The van der Waals surface area contributed by atoms with Gasteiger partial charge < -0.3 is 9.64 Å². The summed E-state index contributed by atoms with van der Waals surface area (Å²) < 4.78 is 23.5. The van der Waals surface area contributed by atoms with Gasteiger partial charge in [0.2, 0.25) is 0 Å². The van der Waals surface area contributed by atoms with Crippen molar-refractivity contribution in [3.05, 3.63) is 41.5 Å². The van der Waals surface area contributed by atoms with E-state index in [1.54, 1.807) is 4.52 Å². The van der Waals surface area contributed by atoms with E-state index in [0.717, 1.165) is 59.6 Å². The van der Waals surface area contributed by atoms with Gasteiger partial charge in [-0.1, -0.05) is 18.3 Å². The Balaban J connectivity index is 1.45. The highest BCUT2D eigenvalue weighted by Crippen LogP contribution is 2.34. The zero-order chi connectivity index (χ0) is 20.8. The molecule has 156 valence electrons. The number of thiazole rings is 1. The summed E-state index contributed by atoms with van der Waals surface area (Å²) in [6.45, 7) is 9.24. The largest absolute Gasteiger partial charge is 0.467 e. The highest BCUT2D eigenvalue weighted by molar-refractivity contribution is 7.20. The van der Waals surface area contributed by atoms with Gasteiger partial charge >= 0.3 is 0 Å². The van der Waals surface area contributed by atoms with E-state index in [1.807, 2.05) is 32.2 Å². The van der Waals surface area contributed by atoms with Crippen LogP contribution in [0.3, 0.4) is 0 Å². The summed E-state index contributed by atoms with van der Waals surface area (Å²) in [4.78, 5) is 11.3. The molecule has 3 aromatic heterocycles. The molecule has 0 spiro atoms. The van der Waals surface area contributed by atoms with Gasteiger partial charge in [0.25, 0.3) is 5.19 Å². The van der Waals surface area contributed by atoms with Crippen LogP contribution in [0.5, 0.6) is 5.19 Å². The van der Waals surface area contributed by atoms with Crippen molar-refractivity contribution in [1.82, 2.24) is 24.5 Å². The third-order valence-electron chi connectivity index (χ3n) is 5.70. The minimum absolute atomic E-state index is 0.145. The van der Waals surface area contributed by atoms with Gasteiger partial charge in [0.15, 0.2) is 11.5 Å². The molecule has 1 aliphatic rings. The highest BCUT2D eigenvalue weighted by atomic mass is 32.1. The normalized spacial score (nSPS) is 16.0. The Morgan fingerprint density at radius 2 is 1.97 bits per heavy atom. The van der Waals surface area contributed by atoms with Gasteiger partial charge in [-0.2, -0.15) is 10.1 Å². The third-order valence-corrected chi connectivity index (χ3v) is 6.60. The predicted octanol–water partition coefficient (Wildman–Crippen LogP) is 4.63. The SMILES string of the molecule is CCN1CCC(Oc2nc3c(F)cc(-c4cc(C)c5nc(C)cn5n4)cc3s2)CC1. The maximum atomic E-state index is 14.9. The van der Waals surface area contributed by atoms with E-state index in [9.17, 15) is 4.39 Å². The lowest BCUT2D eigenvalue weighted by molar-refractivity contribution is 0.104. The molecule has 0 unspecified atom stereocenters. The number of fused-ring (bicyclic) bond motifs is 2. The second-order valence-electron chi connectivity index (χ2n) is 7.90. The first-order valence-corrected chi connectivity index (χ1v) is 11.1. The summed E-state index contributed by atoms with van der Waals surface area (Å²) in [7, 11) is 0. The Hall–Kier alpha value is -2.58. The molecule has 0 bridgehead atoms. The Morgan fingerprint density at radius 1 is 1.17 bits per heavy atom. The molecule has 1 aromatic carbocycles. The number of halogens is 1. The molecule has 1 aliphatic heterocycles. The Labute approximate surface area is 178 Å². The molecule has 0 saturated carbocycles. The Bertz CT molecular complexity index is 1230. The number of hydrogen-bond donors (Lipinski definition) is 0. The average molecular weight is 426 g/mol. The quantitative estimate of drug-likeness (QED) is 0.477. The number of rotatable bonds is 4. The molecule has 4 heterocycles. The lowest BCUT2D eigenvalue weighted by Crippen LogP contribution is -2.37. The summed E-state index contributed by atoms with van der Waals surface area (Å²) in [6.07, 6.45) is 3.98. The lowest BCUT2D eigenvalue weighted by atomic mass is 10.1. The number of nitrogens with zero attached hydrogens (tertiary/aromatic N) is 5. The zero-order valence-electron chi connectivity index (χ0n) is 17.4. The Morgan fingerprint density at radius 3 is 2.73 bits per heavy atom. The first kappa shape index (κ1) is 19.4. The van der Waals surface area contributed by atoms with E-state index >= 15 is 0 Å². The highest BCUT2D eigenvalue weighted by Gasteiger charge is 2.21. The van der Waals surface area contributed by atoms with Crippen molar-refractivity contribution in [2.24, 2.45) is 0 Å². The molecule has 6 nitrogen and oxygen atoms in total. The van der Waals surface area contributed by atoms with E-state index < -0.39 is 0 Å². The molecule has 1 fully saturated rings. The van der Waals surface area contributed by atoms with Crippen molar-refractivity contribution in [2.45, 2.75) is 39.7 Å². The molecular weight excluding hydrogens is 401 g/mol. The molecule has 1 saturated heterocycles. The van der Waals surface area contributed by atoms with Crippen molar-refractivity contribution in [3.8, 4) is 16.5 Å². The summed E-state index contributed by atoms with van der Waals surface area (Å²) in [5.41, 5.74) is 4.52. The average Bonchev–Trinajstić information content (AvgIpc) is 3.31. The van der Waals surface area contributed by atoms with Gasteiger partial charge in [0, 0.05) is 18.7 Å². The molecule has 0 N–H and O–H groups in total. The number of imidazole rings is 1. The third kappa shape index (κ3) is 3.54. The number of aryl methyl sites for hydroxylation is 2. The van der Waals surface area contributed by atoms with Gasteiger partial charge in [-0.15, -0.1) is 0 Å². The van der Waals surface area contributed by atoms with E-state index in [2.05, 4.69) is 26.9 Å². The molecule has 30 heavy (non-hydrogen) atoms. The second-order valence-corrected chi connectivity index (χ2v) is 8.89. The van der Waals surface area contributed by atoms with Crippen LogP contribution in [0.4, 0.5) is 4.39 Å². The van der Waals surface area contributed by atoms with E-state index in [4.69, 9.17) is 4.74 Å². The van der Waals surface area contributed by atoms with Crippen LogP contribution in [0.15, 0.2) is 24.4 Å². The predicted molar refractivity (Wildman–Crippen MR) is 117 cm³/mol. The molecule has 0 amide bonds. The van der Waals surface area contributed by atoms with Crippen LogP contribution in [0.1, 0.15) is 31.0 Å². The van der Waals surface area contributed by atoms with E-state index in [-0.39, 0.29) is 11.9 Å². The van der Waals surface area contributed by atoms with Crippen molar-refractivity contribution in [2.75, 3.05) is 19.6 Å². The molecular formula is C22H24FN5OS. The molecule has 4 aromatic rings. The molecule has 0 atom stereocenters. The number of piperidine rings is 1. The van der Waals surface area contributed by atoms with Crippen LogP contribution in [0.25, 0.3) is 27.1 Å². The van der Waals surface area contributed by atoms with Crippen LogP contribution in [0.2, 0.25) is 0 Å². The fourth-order valence-electron chi connectivity index (χ4n) is 4.04. The Kier molecular flexibility index (Phi) is 4.91. The maximum Gasteiger partial charge on any atom is 0.274 e. The topological polar surface area (TPSA) is 55.5 Å². The fraction of sp³-hybridized carbons (Fsp3) is 0.409. The summed E-state index contributed by atoms with van der Waals surface area (Å²) in [5, 5.41) is 5.17. The first-order valence-electron chi connectivity index (χ1n) is 10.3. The maximum absolute atomic E-state index is 14.9. The van der Waals surface area contributed by atoms with Crippen LogP contribution in [0, 0.1) is 19.7 Å². The number of ether oxygens (including phenoxy) is 1. The molecule has 5 rings (SSSR count). The van der Waals surface area contributed by atoms with Crippen molar-refractivity contribution >= 4 is 27.2 Å². The number of aromatic nitrogens is 4. The molecule has 8 heteroatoms. The van der Waals surface area contributed by atoms with Crippen LogP contribution in [-0.4, -0.2) is 50.2 Å². The number of benzene rings is 1. The van der Waals surface area contributed by atoms with Crippen molar-refractivity contribution < 1.29 is 9.13 Å². The summed E-state index contributed by atoms with van der Waals surface area (Å²) in [6, 6.07) is 5.39. The first-order chi connectivity index (χ1) is 14.5. The number of likely N-dealkylation sites (tertiary alicyclic amines) is 1. The summed E-state index contributed by atoms with van der Waals surface area (Å²) >= 11 is 1.40. The van der Waals surface area contributed by atoms with Gasteiger partial charge in [0.1, 0.15) is 11.6 Å². The van der Waals surface area contributed by atoms with Crippen molar-refractivity contribution in [1.29, 1.82) is 0 Å². The number of hydrogen-bond acceptors (Lipinski definition) is 6. The fourth-order valence-corrected chi connectivity index (χ4v) is 4.97. The lowest BCUT2D eigenvalue weighted by Gasteiger charge is -2.30. The molecule has 0 radical (unpaired) electrons.